The van der Waals surface area contributed by atoms with Crippen LogP contribution in [0.25, 0.3) is 11.0 Å². The van der Waals surface area contributed by atoms with E-state index in [9.17, 15) is 0 Å². The highest BCUT2D eigenvalue weighted by molar-refractivity contribution is 5.85. The number of hydrogen-bond donors (Lipinski definition) is 1. The average molecular weight is 245 g/mol. The third-order valence-electron chi connectivity index (χ3n) is 3.56. The lowest BCUT2D eigenvalue weighted by molar-refractivity contribution is 0.454. The van der Waals surface area contributed by atoms with Crippen molar-refractivity contribution >= 4 is 11.0 Å². The number of hydrogen-bond acceptors (Lipinski definition) is 2. The molecule has 0 amide bonds. The molecule has 1 N–H and O–H groups in total. The second-order valence-electron chi connectivity index (χ2n) is 5.25. The van der Waals surface area contributed by atoms with Crippen LogP contribution in [0.2, 0.25) is 0 Å². The van der Waals surface area contributed by atoms with E-state index >= 15 is 0 Å². The Kier molecular flexibility index (Phi) is 3.76. The summed E-state index contributed by atoms with van der Waals surface area (Å²) in [5, 5.41) is 4.67. The number of benzene rings is 1. The minimum Gasteiger partial charge on any atom is -0.459 e. The molecule has 2 heteroatoms. The van der Waals surface area contributed by atoms with Crippen LogP contribution in [0.3, 0.4) is 0 Å². The van der Waals surface area contributed by atoms with Crippen molar-refractivity contribution in [1.82, 2.24) is 5.32 Å². The summed E-state index contributed by atoms with van der Waals surface area (Å²) in [6, 6.07) is 6.71. The van der Waals surface area contributed by atoms with Gasteiger partial charge in [-0.1, -0.05) is 39.0 Å². The fourth-order valence-electron chi connectivity index (χ4n) is 2.55. The van der Waals surface area contributed by atoms with Gasteiger partial charge >= 0.3 is 0 Å². The molecule has 2 rings (SSSR count). The monoisotopic (exact) mass is 245 g/mol. The van der Waals surface area contributed by atoms with Crippen molar-refractivity contribution in [1.29, 1.82) is 0 Å². The van der Waals surface area contributed by atoms with Crippen molar-refractivity contribution in [2.45, 2.75) is 46.6 Å². The van der Waals surface area contributed by atoms with Crippen LogP contribution in [0.1, 0.15) is 56.5 Å². The van der Waals surface area contributed by atoms with Crippen LogP contribution in [0.15, 0.2) is 22.6 Å². The first-order valence-corrected chi connectivity index (χ1v) is 6.81. The molecule has 0 saturated heterocycles. The normalized spacial score (nSPS) is 13.4. The van der Waals surface area contributed by atoms with E-state index < -0.39 is 0 Å². The molecule has 1 aromatic carbocycles. The van der Waals surface area contributed by atoms with Gasteiger partial charge in [-0.3, -0.25) is 0 Å². The van der Waals surface area contributed by atoms with E-state index in [0.29, 0.717) is 5.92 Å². The Morgan fingerprint density at radius 3 is 2.56 bits per heavy atom. The maximum absolute atomic E-state index is 6.14. The molecular formula is C16H23NO. The van der Waals surface area contributed by atoms with Gasteiger partial charge in [0.05, 0.1) is 6.04 Å². The fourth-order valence-corrected chi connectivity index (χ4v) is 2.55. The van der Waals surface area contributed by atoms with Gasteiger partial charge in [-0.2, -0.15) is 0 Å². The lowest BCUT2D eigenvalue weighted by atomic mass is 10.00. The Labute approximate surface area is 109 Å². The summed E-state index contributed by atoms with van der Waals surface area (Å²) < 4.78 is 6.14. The summed E-state index contributed by atoms with van der Waals surface area (Å²) in [7, 11) is 0. The van der Waals surface area contributed by atoms with Gasteiger partial charge in [0.15, 0.2) is 0 Å². The number of para-hydroxylation sites is 1. The maximum atomic E-state index is 6.14. The zero-order valence-corrected chi connectivity index (χ0v) is 12.0. The van der Waals surface area contributed by atoms with E-state index in [1.165, 1.54) is 16.5 Å². The summed E-state index contributed by atoms with van der Waals surface area (Å²) in [6.07, 6.45) is 0. The van der Waals surface area contributed by atoms with Crippen molar-refractivity contribution in [3.8, 4) is 0 Å². The van der Waals surface area contributed by atoms with E-state index in [4.69, 9.17) is 4.42 Å². The molecule has 0 bridgehead atoms. The minimum absolute atomic E-state index is 0.266. The van der Waals surface area contributed by atoms with Crippen LogP contribution >= 0.6 is 0 Å². The van der Waals surface area contributed by atoms with E-state index in [1.54, 1.807) is 0 Å². The second kappa shape index (κ2) is 5.15. The number of nitrogens with one attached hydrogen (secondary N) is 1. The molecule has 1 atom stereocenters. The van der Waals surface area contributed by atoms with E-state index in [1.807, 2.05) is 0 Å². The average Bonchev–Trinajstić information content (AvgIpc) is 2.67. The second-order valence-corrected chi connectivity index (χ2v) is 5.25. The van der Waals surface area contributed by atoms with Crippen LogP contribution in [0, 0.1) is 6.92 Å². The summed E-state index contributed by atoms with van der Waals surface area (Å²) in [6.45, 7) is 11.8. The van der Waals surface area contributed by atoms with Crippen molar-refractivity contribution in [3.63, 3.8) is 0 Å². The SMILES string of the molecule is CCNC(C)c1oc2c(C(C)C)cccc2c1C. The van der Waals surface area contributed by atoms with Crippen molar-refractivity contribution < 1.29 is 4.42 Å². The van der Waals surface area contributed by atoms with Crippen LogP contribution < -0.4 is 5.32 Å². The Morgan fingerprint density at radius 2 is 1.94 bits per heavy atom. The molecule has 0 aliphatic rings. The molecule has 2 nitrogen and oxygen atoms in total. The fraction of sp³-hybridized carbons (Fsp3) is 0.500. The molecule has 0 radical (unpaired) electrons. The smallest absolute Gasteiger partial charge is 0.138 e. The highest BCUT2D eigenvalue weighted by Crippen LogP contribution is 2.34. The third-order valence-corrected chi connectivity index (χ3v) is 3.56. The number of furan rings is 1. The highest BCUT2D eigenvalue weighted by atomic mass is 16.3. The molecule has 0 saturated carbocycles. The quantitative estimate of drug-likeness (QED) is 0.855. The molecule has 0 fully saturated rings. The topological polar surface area (TPSA) is 25.2 Å². The number of rotatable bonds is 4. The van der Waals surface area contributed by atoms with Gasteiger partial charge < -0.3 is 9.73 Å². The molecule has 1 aromatic heterocycles. The van der Waals surface area contributed by atoms with Crippen LogP contribution in [-0.4, -0.2) is 6.54 Å². The lowest BCUT2D eigenvalue weighted by Gasteiger charge is -2.10. The Balaban J connectivity index is 2.58. The van der Waals surface area contributed by atoms with Crippen LogP contribution in [0.4, 0.5) is 0 Å². The molecule has 98 valence electrons. The summed E-state index contributed by atoms with van der Waals surface area (Å²) in [5.41, 5.74) is 3.62. The zero-order valence-electron chi connectivity index (χ0n) is 12.0. The summed E-state index contributed by atoms with van der Waals surface area (Å²) >= 11 is 0. The van der Waals surface area contributed by atoms with E-state index in [-0.39, 0.29) is 6.04 Å². The van der Waals surface area contributed by atoms with Crippen molar-refractivity contribution in [2.24, 2.45) is 0 Å². The number of fused-ring (bicyclic) bond motifs is 1. The largest absolute Gasteiger partial charge is 0.459 e. The van der Waals surface area contributed by atoms with Gasteiger partial charge in [-0.15, -0.1) is 0 Å². The lowest BCUT2D eigenvalue weighted by Crippen LogP contribution is -2.17. The van der Waals surface area contributed by atoms with Crippen molar-refractivity contribution in [2.75, 3.05) is 6.54 Å². The molecule has 2 aromatic rings. The molecule has 0 spiro atoms. The Morgan fingerprint density at radius 1 is 1.22 bits per heavy atom. The molecular weight excluding hydrogens is 222 g/mol. The van der Waals surface area contributed by atoms with Crippen LogP contribution in [-0.2, 0) is 0 Å². The Bertz CT molecular complexity index is 539. The first kappa shape index (κ1) is 13.2. The Hall–Kier alpha value is -1.28. The van der Waals surface area contributed by atoms with E-state index in [0.717, 1.165) is 17.9 Å². The van der Waals surface area contributed by atoms with Gasteiger partial charge in [-0.25, -0.2) is 0 Å². The minimum atomic E-state index is 0.266. The van der Waals surface area contributed by atoms with Gasteiger partial charge in [0.25, 0.3) is 0 Å². The molecule has 0 aliphatic carbocycles. The van der Waals surface area contributed by atoms with E-state index in [2.05, 4.69) is 58.1 Å². The molecule has 0 aliphatic heterocycles. The predicted molar refractivity (Wildman–Crippen MR) is 77.1 cm³/mol. The van der Waals surface area contributed by atoms with Crippen LogP contribution in [0.5, 0.6) is 0 Å². The maximum Gasteiger partial charge on any atom is 0.138 e. The molecule has 1 heterocycles. The predicted octanol–water partition coefficient (Wildman–Crippen LogP) is 4.54. The summed E-state index contributed by atoms with van der Waals surface area (Å²) in [5.74, 6) is 1.56. The molecule has 1 unspecified atom stereocenters. The van der Waals surface area contributed by atoms with Gasteiger partial charge in [0.1, 0.15) is 11.3 Å². The van der Waals surface area contributed by atoms with Gasteiger partial charge in [-0.05, 0) is 37.4 Å². The highest BCUT2D eigenvalue weighted by Gasteiger charge is 2.18. The number of aryl methyl sites for hydroxylation is 1. The third kappa shape index (κ3) is 2.17. The first-order chi connectivity index (χ1) is 8.56. The first-order valence-electron chi connectivity index (χ1n) is 6.81. The summed E-state index contributed by atoms with van der Waals surface area (Å²) in [4.78, 5) is 0. The van der Waals surface area contributed by atoms with Gasteiger partial charge in [0, 0.05) is 5.39 Å². The van der Waals surface area contributed by atoms with Crippen molar-refractivity contribution in [3.05, 3.63) is 35.1 Å². The zero-order chi connectivity index (χ0) is 13.3. The molecule has 18 heavy (non-hydrogen) atoms. The standard InChI is InChI=1S/C16H23NO/c1-6-17-12(5)15-11(4)14-9-7-8-13(10(2)3)16(14)18-15/h7-10,12,17H,6H2,1-5H3. The van der Waals surface area contributed by atoms with Gasteiger partial charge in [0.2, 0.25) is 0 Å².